The molecule has 0 atom stereocenters. The number of anilines is 1. The maximum absolute atomic E-state index is 12.9. The molecule has 0 unspecified atom stereocenters. The first kappa shape index (κ1) is 16.6. The normalized spacial score (nSPS) is 11.5. The van der Waals surface area contributed by atoms with E-state index in [0.29, 0.717) is 17.3 Å². The minimum absolute atomic E-state index is 0.111. The molecule has 0 saturated carbocycles. The molecule has 0 spiro atoms. The van der Waals surface area contributed by atoms with E-state index in [1.54, 1.807) is 43.6 Å². The van der Waals surface area contributed by atoms with Gasteiger partial charge in [0.15, 0.2) is 5.82 Å². The fourth-order valence-corrected chi connectivity index (χ4v) is 3.71. The van der Waals surface area contributed by atoms with Crippen LogP contribution in [0.5, 0.6) is 0 Å². The van der Waals surface area contributed by atoms with Gasteiger partial charge < -0.3 is 0 Å². The minimum atomic E-state index is -3.78. The van der Waals surface area contributed by atoms with Crippen LogP contribution in [0.15, 0.2) is 58.3 Å². The third-order valence-electron chi connectivity index (χ3n) is 3.50. The van der Waals surface area contributed by atoms with Gasteiger partial charge in [-0.15, -0.1) is 0 Å². The summed E-state index contributed by atoms with van der Waals surface area (Å²) in [6.07, 6.45) is 4.50. The summed E-state index contributed by atoms with van der Waals surface area (Å²) in [5.41, 5.74) is 0.484. The molecule has 7 nitrogen and oxygen atoms in total. The van der Waals surface area contributed by atoms with Crippen LogP contribution in [0, 0.1) is 6.92 Å². The monoisotopic (exact) mass is 407 g/mol. The molecule has 0 aliphatic heterocycles. The Labute approximate surface area is 148 Å². The third kappa shape index (κ3) is 2.92. The van der Waals surface area contributed by atoms with Crippen molar-refractivity contribution in [1.29, 1.82) is 0 Å². The van der Waals surface area contributed by atoms with Crippen LogP contribution in [0.1, 0.15) is 5.69 Å². The second kappa shape index (κ2) is 6.33. The molecular weight excluding hydrogens is 394 g/mol. The molecule has 0 N–H and O–H groups in total. The van der Waals surface area contributed by atoms with Crippen LogP contribution in [-0.2, 0) is 10.0 Å². The fraction of sp³-hybridized carbons (Fsp3) is 0.133. The van der Waals surface area contributed by atoms with Gasteiger partial charge in [-0.3, -0.25) is 4.31 Å². The molecule has 0 bridgehead atoms. The predicted molar refractivity (Wildman–Crippen MR) is 93.6 cm³/mol. The summed E-state index contributed by atoms with van der Waals surface area (Å²) in [5.74, 6) is 0.879. The van der Waals surface area contributed by atoms with Gasteiger partial charge in [0, 0.05) is 23.9 Å². The van der Waals surface area contributed by atoms with Crippen molar-refractivity contribution in [2.75, 3.05) is 11.4 Å². The third-order valence-corrected chi connectivity index (χ3v) is 5.84. The molecule has 0 radical (unpaired) electrons. The Morgan fingerprint density at radius 2 is 1.92 bits per heavy atom. The van der Waals surface area contributed by atoms with E-state index < -0.39 is 10.0 Å². The number of aromatic nitrogens is 4. The van der Waals surface area contributed by atoms with E-state index >= 15 is 0 Å². The molecule has 0 aromatic carbocycles. The lowest BCUT2D eigenvalue weighted by Gasteiger charge is -2.18. The molecule has 3 heterocycles. The van der Waals surface area contributed by atoms with Crippen molar-refractivity contribution < 1.29 is 8.42 Å². The first-order valence-electron chi connectivity index (χ1n) is 6.98. The molecule has 0 aliphatic carbocycles. The van der Waals surface area contributed by atoms with Crippen LogP contribution in [0.25, 0.3) is 5.82 Å². The lowest BCUT2D eigenvalue weighted by molar-refractivity contribution is 0.593. The largest absolute Gasteiger partial charge is 0.268 e. The van der Waals surface area contributed by atoms with E-state index in [1.807, 2.05) is 6.07 Å². The highest BCUT2D eigenvalue weighted by atomic mass is 79.9. The number of hydrogen-bond acceptors (Lipinski definition) is 5. The highest BCUT2D eigenvalue weighted by Gasteiger charge is 2.27. The van der Waals surface area contributed by atoms with Crippen molar-refractivity contribution in [3.05, 3.63) is 59.1 Å². The van der Waals surface area contributed by atoms with Gasteiger partial charge >= 0.3 is 0 Å². The second-order valence-electron chi connectivity index (χ2n) is 5.00. The summed E-state index contributed by atoms with van der Waals surface area (Å²) in [6.45, 7) is 1.69. The standard InChI is InChI=1S/C15H14BrN5O2S/c1-11-13(10-19-21(11)15-5-3-4-8-17-15)24(22,23)20(2)14-7-6-12(16)9-18-14/h3-10H,1-2H3. The Morgan fingerprint density at radius 1 is 1.12 bits per heavy atom. The fourth-order valence-electron chi connectivity index (χ4n) is 2.18. The van der Waals surface area contributed by atoms with Gasteiger partial charge in [-0.1, -0.05) is 6.07 Å². The van der Waals surface area contributed by atoms with Gasteiger partial charge in [-0.25, -0.2) is 23.1 Å². The Kier molecular flexibility index (Phi) is 4.37. The Balaban J connectivity index is 2.02. The number of rotatable bonds is 4. The highest BCUT2D eigenvalue weighted by Crippen LogP contribution is 2.24. The molecule has 9 heteroatoms. The number of halogens is 1. The van der Waals surface area contributed by atoms with Crippen molar-refractivity contribution in [3.8, 4) is 5.82 Å². The maximum atomic E-state index is 12.9. The molecule has 0 saturated heterocycles. The van der Waals surface area contributed by atoms with Crippen molar-refractivity contribution in [2.45, 2.75) is 11.8 Å². The quantitative estimate of drug-likeness (QED) is 0.663. The molecule has 3 rings (SSSR count). The van der Waals surface area contributed by atoms with Crippen LogP contribution < -0.4 is 4.31 Å². The Morgan fingerprint density at radius 3 is 2.54 bits per heavy atom. The summed E-state index contributed by atoms with van der Waals surface area (Å²) in [6, 6.07) is 8.72. The van der Waals surface area contributed by atoms with Crippen LogP contribution in [0.3, 0.4) is 0 Å². The smallest absolute Gasteiger partial charge is 0.253 e. The summed E-state index contributed by atoms with van der Waals surface area (Å²) in [7, 11) is -2.32. The van der Waals surface area contributed by atoms with E-state index in [9.17, 15) is 8.42 Å². The topological polar surface area (TPSA) is 81.0 Å². The van der Waals surface area contributed by atoms with E-state index in [0.717, 1.165) is 8.78 Å². The number of hydrogen-bond donors (Lipinski definition) is 0. The summed E-state index contributed by atoms with van der Waals surface area (Å²) in [4.78, 5) is 8.43. The molecule has 0 fully saturated rings. The summed E-state index contributed by atoms with van der Waals surface area (Å²) in [5, 5.41) is 4.16. The molecule has 24 heavy (non-hydrogen) atoms. The minimum Gasteiger partial charge on any atom is -0.253 e. The molecule has 3 aromatic rings. The van der Waals surface area contributed by atoms with Gasteiger partial charge in [0.25, 0.3) is 10.0 Å². The van der Waals surface area contributed by atoms with Crippen molar-refractivity contribution in [1.82, 2.24) is 19.7 Å². The predicted octanol–water partition coefficient (Wildman–Crippen LogP) is 2.56. The van der Waals surface area contributed by atoms with E-state index in [2.05, 4.69) is 31.0 Å². The number of sulfonamides is 1. The molecular formula is C15H14BrN5O2S. The van der Waals surface area contributed by atoms with Gasteiger partial charge in [0.05, 0.1) is 11.9 Å². The Hall–Kier alpha value is -2.26. The second-order valence-corrected chi connectivity index (χ2v) is 7.85. The highest BCUT2D eigenvalue weighted by molar-refractivity contribution is 9.10. The lowest BCUT2D eigenvalue weighted by Crippen LogP contribution is -2.27. The first-order valence-corrected chi connectivity index (χ1v) is 9.21. The van der Waals surface area contributed by atoms with Crippen molar-refractivity contribution >= 4 is 31.8 Å². The van der Waals surface area contributed by atoms with E-state index in [-0.39, 0.29) is 4.90 Å². The van der Waals surface area contributed by atoms with Crippen LogP contribution in [-0.4, -0.2) is 35.2 Å². The average Bonchev–Trinajstić information content (AvgIpc) is 2.98. The Bertz CT molecular complexity index is 955. The van der Waals surface area contributed by atoms with Gasteiger partial charge in [-0.2, -0.15) is 5.10 Å². The van der Waals surface area contributed by atoms with Crippen LogP contribution >= 0.6 is 15.9 Å². The summed E-state index contributed by atoms with van der Waals surface area (Å²) >= 11 is 3.28. The van der Waals surface area contributed by atoms with Gasteiger partial charge in [0.1, 0.15) is 10.7 Å². The SMILES string of the molecule is Cc1c(S(=O)(=O)N(C)c2ccc(Br)cn2)cnn1-c1ccccn1. The van der Waals surface area contributed by atoms with Gasteiger partial charge in [0.2, 0.25) is 0 Å². The van der Waals surface area contributed by atoms with Crippen molar-refractivity contribution in [2.24, 2.45) is 0 Å². The summed E-state index contributed by atoms with van der Waals surface area (Å²) < 4.78 is 29.2. The molecule has 0 amide bonds. The number of nitrogens with zero attached hydrogens (tertiary/aromatic N) is 5. The number of pyridine rings is 2. The molecule has 0 aliphatic rings. The zero-order chi connectivity index (χ0) is 17.3. The van der Waals surface area contributed by atoms with Gasteiger partial charge in [-0.05, 0) is 47.1 Å². The molecule has 124 valence electrons. The zero-order valence-corrected chi connectivity index (χ0v) is 15.4. The van der Waals surface area contributed by atoms with Crippen LogP contribution in [0.2, 0.25) is 0 Å². The average molecular weight is 408 g/mol. The van der Waals surface area contributed by atoms with E-state index in [1.165, 1.54) is 17.9 Å². The van der Waals surface area contributed by atoms with Crippen LogP contribution in [0.4, 0.5) is 5.82 Å². The zero-order valence-electron chi connectivity index (χ0n) is 13.0. The molecule has 3 aromatic heterocycles. The van der Waals surface area contributed by atoms with E-state index in [4.69, 9.17) is 0 Å². The van der Waals surface area contributed by atoms with Crippen molar-refractivity contribution in [3.63, 3.8) is 0 Å². The lowest BCUT2D eigenvalue weighted by atomic mass is 10.4. The maximum Gasteiger partial charge on any atom is 0.268 e. The first-order chi connectivity index (χ1) is 11.4.